The molecule has 0 aliphatic carbocycles. The normalized spacial score (nSPS) is 16.9. The van der Waals surface area contributed by atoms with Crippen LogP contribution in [0.25, 0.3) is 12.2 Å². The predicted molar refractivity (Wildman–Crippen MR) is 68.6 cm³/mol. The van der Waals surface area contributed by atoms with Gasteiger partial charge in [-0.3, -0.25) is 4.99 Å². The van der Waals surface area contributed by atoms with Crippen molar-refractivity contribution in [3.63, 3.8) is 0 Å². The minimum atomic E-state index is -4.65. The lowest BCUT2D eigenvalue weighted by Crippen LogP contribution is -2.44. The van der Waals surface area contributed by atoms with Crippen LogP contribution in [-0.2, 0) is 6.18 Å². The third-order valence-electron chi connectivity index (χ3n) is 3.57. The van der Waals surface area contributed by atoms with Gasteiger partial charge in [0.25, 0.3) is 0 Å². The van der Waals surface area contributed by atoms with Crippen LogP contribution in [0.4, 0.5) is 32.0 Å². The Labute approximate surface area is 121 Å². The standard InChI is InChI=1S/C14H10F6N2/c15-13(16,17)7-22-5-1-2-9-11(22)6-10(14(18,19)20)8-3-4-21-12(8)9/h2-4,6H,1,5,7H2. The van der Waals surface area contributed by atoms with Gasteiger partial charge in [-0.1, -0.05) is 6.08 Å². The largest absolute Gasteiger partial charge is 0.417 e. The Hall–Kier alpha value is -1.99. The maximum Gasteiger partial charge on any atom is 0.417 e. The first-order valence-electron chi connectivity index (χ1n) is 6.47. The van der Waals surface area contributed by atoms with Gasteiger partial charge in [0.1, 0.15) is 6.54 Å². The molecule has 0 saturated carbocycles. The predicted octanol–water partition coefficient (Wildman–Crippen LogP) is 2.86. The van der Waals surface area contributed by atoms with E-state index in [4.69, 9.17) is 0 Å². The monoisotopic (exact) mass is 320 g/mol. The molecule has 8 heteroatoms. The molecule has 1 aromatic carbocycles. The van der Waals surface area contributed by atoms with Crippen molar-refractivity contribution in [3.05, 3.63) is 34.0 Å². The highest BCUT2D eigenvalue weighted by atomic mass is 19.4. The van der Waals surface area contributed by atoms with Crippen LogP contribution in [-0.4, -0.2) is 19.3 Å². The second-order valence-electron chi connectivity index (χ2n) is 5.09. The zero-order valence-electron chi connectivity index (χ0n) is 11.1. The minimum Gasteiger partial charge on any atom is -0.362 e. The molecule has 0 fully saturated rings. The van der Waals surface area contributed by atoms with Gasteiger partial charge in [-0.2, -0.15) is 26.3 Å². The molecule has 0 bridgehead atoms. The van der Waals surface area contributed by atoms with Crippen molar-refractivity contribution < 1.29 is 26.3 Å². The Balaban J connectivity index is 2.23. The lowest BCUT2D eigenvalue weighted by atomic mass is 10.0. The lowest BCUT2D eigenvalue weighted by molar-refractivity contribution is -0.137. The van der Waals surface area contributed by atoms with Gasteiger partial charge in [0.15, 0.2) is 0 Å². The molecule has 0 N–H and O–H groups in total. The number of benzene rings is 1. The molecule has 0 radical (unpaired) electrons. The van der Waals surface area contributed by atoms with Gasteiger partial charge in [-0.15, -0.1) is 0 Å². The summed E-state index contributed by atoms with van der Waals surface area (Å²) in [6.07, 6.45) is -4.70. The fraction of sp³-hybridized carbons (Fsp3) is 0.357. The highest BCUT2D eigenvalue weighted by Gasteiger charge is 2.37. The van der Waals surface area contributed by atoms with Crippen LogP contribution in [0.15, 0.2) is 17.3 Å². The molecule has 22 heavy (non-hydrogen) atoms. The second kappa shape index (κ2) is 4.76. The number of alkyl halides is 6. The Morgan fingerprint density at radius 1 is 1.14 bits per heavy atom. The Morgan fingerprint density at radius 2 is 1.86 bits per heavy atom. The zero-order chi connectivity index (χ0) is 16.1. The number of fused-ring (bicyclic) bond motifs is 3. The number of hydrogen-bond acceptors (Lipinski definition) is 2. The summed E-state index contributed by atoms with van der Waals surface area (Å²) < 4.78 is 77.4. The van der Waals surface area contributed by atoms with Crippen molar-refractivity contribution in [2.75, 3.05) is 18.0 Å². The fourth-order valence-electron chi connectivity index (χ4n) is 2.74. The van der Waals surface area contributed by atoms with E-state index in [-0.39, 0.29) is 23.2 Å². The number of anilines is 1. The summed E-state index contributed by atoms with van der Waals surface area (Å²) in [5.74, 6) is 0. The molecule has 0 amide bonds. The summed E-state index contributed by atoms with van der Waals surface area (Å²) in [4.78, 5) is 4.83. The Bertz CT molecular complexity index is 757. The van der Waals surface area contributed by atoms with Crippen LogP contribution in [0.1, 0.15) is 17.5 Å². The van der Waals surface area contributed by atoms with Crippen LogP contribution >= 0.6 is 0 Å². The van der Waals surface area contributed by atoms with Crippen LogP contribution < -0.4 is 15.5 Å². The van der Waals surface area contributed by atoms with E-state index >= 15 is 0 Å². The maximum atomic E-state index is 13.2. The summed E-state index contributed by atoms with van der Waals surface area (Å²) in [7, 11) is 0. The molecule has 2 heterocycles. The Morgan fingerprint density at radius 3 is 2.50 bits per heavy atom. The summed E-state index contributed by atoms with van der Waals surface area (Å²) in [6.45, 7) is -1.26. The first-order chi connectivity index (χ1) is 10.2. The van der Waals surface area contributed by atoms with E-state index in [0.29, 0.717) is 11.6 Å². The Kier molecular flexibility index (Phi) is 3.23. The molecule has 0 unspecified atom stereocenters. The number of halogens is 6. The van der Waals surface area contributed by atoms with Gasteiger partial charge in [-0.05, 0) is 18.6 Å². The summed E-state index contributed by atoms with van der Waals surface area (Å²) in [6, 6.07) is 0.792. The van der Waals surface area contributed by atoms with Crippen LogP contribution in [0.5, 0.6) is 0 Å². The van der Waals surface area contributed by atoms with E-state index in [1.54, 1.807) is 6.08 Å². The molecule has 0 atom stereocenters. The number of nitrogens with zero attached hydrogens (tertiary/aromatic N) is 2. The first-order valence-corrected chi connectivity index (χ1v) is 6.47. The van der Waals surface area contributed by atoms with Gasteiger partial charge >= 0.3 is 12.4 Å². The van der Waals surface area contributed by atoms with Gasteiger partial charge in [0.2, 0.25) is 0 Å². The van der Waals surface area contributed by atoms with Crippen molar-refractivity contribution >= 4 is 17.8 Å². The van der Waals surface area contributed by atoms with E-state index in [9.17, 15) is 26.3 Å². The van der Waals surface area contributed by atoms with Crippen molar-refractivity contribution in [1.82, 2.24) is 0 Å². The summed E-state index contributed by atoms with van der Waals surface area (Å²) in [5, 5.41) is 0.431. The average Bonchev–Trinajstić information content (AvgIpc) is 2.84. The van der Waals surface area contributed by atoms with Gasteiger partial charge in [0.05, 0.1) is 10.9 Å². The van der Waals surface area contributed by atoms with E-state index in [1.807, 2.05) is 0 Å². The van der Waals surface area contributed by atoms with Gasteiger partial charge < -0.3 is 4.90 Å². The van der Waals surface area contributed by atoms with Crippen molar-refractivity contribution in [2.45, 2.75) is 18.8 Å². The number of hydrogen-bond donors (Lipinski definition) is 0. The maximum absolute atomic E-state index is 13.2. The van der Waals surface area contributed by atoms with Crippen LogP contribution in [0.3, 0.4) is 0 Å². The fourth-order valence-corrected chi connectivity index (χ4v) is 2.74. The molecule has 3 rings (SSSR count). The van der Waals surface area contributed by atoms with E-state index in [2.05, 4.69) is 4.99 Å². The molecule has 0 spiro atoms. The molecule has 2 aliphatic rings. The van der Waals surface area contributed by atoms with Crippen LogP contribution in [0.2, 0.25) is 0 Å². The van der Waals surface area contributed by atoms with Crippen molar-refractivity contribution in [3.8, 4) is 0 Å². The molecular weight excluding hydrogens is 310 g/mol. The smallest absolute Gasteiger partial charge is 0.362 e. The topological polar surface area (TPSA) is 15.6 Å². The third kappa shape index (κ3) is 2.57. The van der Waals surface area contributed by atoms with Crippen molar-refractivity contribution in [1.29, 1.82) is 0 Å². The average molecular weight is 320 g/mol. The van der Waals surface area contributed by atoms with Gasteiger partial charge in [0, 0.05) is 29.2 Å². The molecule has 1 aromatic rings. The van der Waals surface area contributed by atoms with Gasteiger partial charge in [-0.25, -0.2) is 0 Å². The summed E-state index contributed by atoms with van der Waals surface area (Å²) in [5.41, 5.74) is -1.11. The first kappa shape index (κ1) is 14.9. The second-order valence-corrected chi connectivity index (χ2v) is 5.09. The molecule has 2 aliphatic heterocycles. The number of rotatable bonds is 1. The molecule has 0 saturated heterocycles. The van der Waals surface area contributed by atoms with E-state index in [0.717, 1.165) is 11.0 Å². The highest BCUT2D eigenvalue weighted by molar-refractivity contribution is 5.66. The minimum absolute atomic E-state index is 0.0238. The zero-order valence-corrected chi connectivity index (χ0v) is 11.1. The van der Waals surface area contributed by atoms with E-state index in [1.165, 1.54) is 12.3 Å². The van der Waals surface area contributed by atoms with Crippen LogP contribution in [0, 0.1) is 0 Å². The summed E-state index contributed by atoms with van der Waals surface area (Å²) >= 11 is 0. The molecule has 118 valence electrons. The van der Waals surface area contributed by atoms with Crippen molar-refractivity contribution in [2.24, 2.45) is 4.99 Å². The highest BCUT2D eigenvalue weighted by Crippen LogP contribution is 2.34. The lowest BCUT2D eigenvalue weighted by Gasteiger charge is -2.29. The van der Waals surface area contributed by atoms with E-state index < -0.39 is 24.5 Å². The molecular formula is C14H10F6N2. The molecule has 0 aromatic heterocycles. The third-order valence-corrected chi connectivity index (χ3v) is 3.57. The quantitative estimate of drug-likeness (QED) is 0.727. The SMILES string of the molecule is FC(F)(F)CN1CCC=c2c1cc(C(F)(F)F)c1c2=NC=C1. The molecule has 2 nitrogen and oxygen atoms in total.